The molecular formula is C17H26O. The van der Waals surface area contributed by atoms with E-state index >= 15 is 0 Å². The summed E-state index contributed by atoms with van der Waals surface area (Å²) in [7, 11) is 0. The molecule has 0 aromatic heterocycles. The zero-order chi connectivity index (χ0) is 12.1. The topological polar surface area (TPSA) is 17.1 Å². The first-order valence-electron chi connectivity index (χ1n) is 8.34. The third-order valence-electron chi connectivity index (χ3n) is 6.96. The zero-order valence-electron chi connectivity index (χ0n) is 11.4. The Kier molecular flexibility index (Phi) is 2.78. The van der Waals surface area contributed by atoms with Crippen molar-refractivity contribution in [1.29, 1.82) is 0 Å². The molecule has 100 valence electrons. The maximum Gasteiger partial charge on any atom is 0.133 e. The molecule has 1 heteroatoms. The minimum Gasteiger partial charge on any atom is -0.300 e. The second-order valence-electron chi connectivity index (χ2n) is 7.54. The Morgan fingerprint density at radius 2 is 1.39 bits per heavy atom. The van der Waals surface area contributed by atoms with Gasteiger partial charge in [-0.1, -0.05) is 12.8 Å². The van der Waals surface area contributed by atoms with Crippen LogP contribution in [0.4, 0.5) is 0 Å². The Morgan fingerprint density at radius 1 is 0.667 bits per heavy atom. The first kappa shape index (κ1) is 11.5. The SMILES string of the molecule is O=C1CCC2[C@@H](CCC3[C@@H]4CCCC4CC[C@H]23)C1. The average Bonchev–Trinajstić information content (AvgIpc) is 2.86. The van der Waals surface area contributed by atoms with Crippen molar-refractivity contribution in [2.75, 3.05) is 0 Å². The molecule has 0 heterocycles. The molecule has 0 aromatic rings. The Bertz CT molecular complexity index is 348. The van der Waals surface area contributed by atoms with Crippen LogP contribution >= 0.6 is 0 Å². The van der Waals surface area contributed by atoms with Crippen LogP contribution in [-0.4, -0.2) is 5.78 Å². The number of fused-ring (bicyclic) bond motifs is 5. The van der Waals surface area contributed by atoms with Crippen molar-refractivity contribution < 1.29 is 4.79 Å². The third kappa shape index (κ3) is 1.69. The van der Waals surface area contributed by atoms with Gasteiger partial charge in [-0.25, -0.2) is 0 Å². The summed E-state index contributed by atoms with van der Waals surface area (Å²) >= 11 is 0. The Morgan fingerprint density at radius 3 is 2.22 bits per heavy atom. The van der Waals surface area contributed by atoms with Crippen molar-refractivity contribution >= 4 is 5.78 Å². The molecule has 0 radical (unpaired) electrons. The smallest absolute Gasteiger partial charge is 0.133 e. The van der Waals surface area contributed by atoms with Gasteiger partial charge in [0, 0.05) is 12.8 Å². The maximum absolute atomic E-state index is 11.7. The van der Waals surface area contributed by atoms with E-state index in [1.807, 2.05) is 0 Å². The highest BCUT2D eigenvalue weighted by Gasteiger charge is 2.49. The predicted molar refractivity (Wildman–Crippen MR) is 72.1 cm³/mol. The van der Waals surface area contributed by atoms with Crippen LogP contribution in [0.2, 0.25) is 0 Å². The van der Waals surface area contributed by atoms with Crippen molar-refractivity contribution in [1.82, 2.24) is 0 Å². The number of hydrogen-bond acceptors (Lipinski definition) is 1. The second kappa shape index (κ2) is 4.35. The summed E-state index contributed by atoms with van der Waals surface area (Å²) in [5.74, 6) is 6.52. The van der Waals surface area contributed by atoms with Gasteiger partial charge >= 0.3 is 0 Å². The van der Waals surface area contributed by atoms with Crippen LogP contribution in [-0.2, 0) is 4.79 Å². The first-order valence-corrected chi connectivity index (χ1v) is 8.34. The molecule has 0 saturated heterocycles. The first-order chi connectivity index (χ1) is 8.83. The number of carbonyl (C=O) groups excluding carboxylic acids is 1. The molecule has 3 unspecified atom stereocenters. The van der Waals surface area contributed by atoms with Crippen LogP contribution in [0.25, 0.3) is 0 Å². The highest BCUT2D eigenvalue weighted by atomic mass is 16.1. The molecule has 4 rings (SSSR count). The maximum atomic E-state index is 11.7. The highest BCUT2D eigenvalue weighted by Crippen LogP contribution is 2.57. The van der Waals surface area contributed by atoms with E-state index in [0.29, 0.717) is 5.78 Å². The lowest BCUT2D eigenvalue weighted by molar-refractivity contribution is -0.126. The van der Waals surface area contributed by atoms with E-state index in [4.69, 9.17) is 0 Å². The average molecular weight is 246 g/mol. The monoisotopic (exact) mass is 246 g/mol. The molecule has 4 fully saturated rings. The van der Waals surface area contributed by atoms with Crippen molar-refractivity contribution in [3.05, 3.63) is 0 Å². The molecule has 4 saturated carbocycles. The normalized spacial score (nSPS) is 51.4. The van der Waals surface area contributed by atoms with Crippen molar-refractivity contribution in [3.63, 3.8) is 0 Å². The Labute approximate surface area is 111 Å². The van der Waals surface area contributed by atoms with Crippen LogP contribution in [0, 0.1) is 35.5 Å². The van der Waals surface area contributed by atoms with Gasteiger partial charge in [0.15, 0.2) is 0 Å². The molecule has 0 aromatic carbocycles. The zero-order valence-corrected chi connectivity index (χ0v) is 11.4. The highest BCUT2D eigenvalue weighted by molar-refractivity contribution is 5.79. The summed E-state index contributed by atoms with van der Waals surface area (Å²) in [6, 6.07) is 0. The lowest BCUT2D eigenvalue weighted by Crippen LogP contribution is -2.44. The van der Waals surface area contributed by atoms with Crippen molar-refractivity contribution in [2.24, 2.45) is 35.5 Å². The van der Waals surface area contributed by atoms with Crippen LogP contribution in [0.3, 0.4) is 0 Å². The van der Waals surface area contributed by atoms with E-state index in [2.05, 4.69) is 0 Å². The molecule has 4 aliphatic carbocycles. The van der Waals surface area contributed by atoms with Gasteiger partial charge in [0.05, 0.1) is 0 Å². The van der Waals surface area contributed by atoms with Gasteiger partial charge in [-0.2, -0.15) is 0 Å². The van der Waals surface area contributed by atoms with Crippen molar-refractivity contribution in [2.45, 2.75) is 64.2 Å². The van der Waals surface area contributed by atoms with Crippen LogP contribution in [0.1, 0.15) is 64.2 Å². The molecule has 0 amide bonds. The summed E-state index contributed by atoms with van der Waals surface area (Å²) in [4.78, 5) is 11.7. The van der Waals surface area contributed by atoms with Gasteiger partial charge in [0.25, 0.3) is 0 Å². The van der Waals surface area contributed by atoms with E-state index in [1.165, 1.54) is 51.4 Å². The number of Topliss-reactive ketones (excluding diaryl/α,β-unsaturated/α-hetero) is 1. The lowest BCUT2D eigenvalue weighted by atomic mass is 9.54. The molecule has 1 nitrogen and oxygen atoms in total. The van der Waals surface area contributed by atoms with E-state index in [0.717, 1.165) is 48.3 Å². The van der Waals surface area contributed by atoms with Crippen molar-refractivity contribution in [3.8, 4) is 0 Å². The molecule has 0 bridgehead atoms. The number of rotatable bonds is 0. The fourth-order valence-electron chi connectivity index (χ4n) is 6.28. The lowest BCUT2D eigenvalue weighted by Gasteiger charge is -2.51. The minimum absolute atomic E-state index is 0.559. The largest absolute Gasteiger partial charge is 0.300 e. The number of hydrogen-bond donors (Lipinski definition) is 0. The second-order valence-corrected chi connectivity index (χ2v) is 7.54. The Balaban J connectivity index is 1.55. The van der Waals surface area contributed by atoms with E-state index in [1.54, 1.807) is 0 Å². The minimum atomic E-state index is 0.559. The van der Waals surface area contributed by atoms with E-state index in [-0.39, 0.29) is 0 Å². The van der Waals surface area contributed by atoms with Gasteiger partial charge < -0.3 is 0 Å². The van der Waals surface area contributed by atoms with E-state index < -0.39 is 0 Å². The van der Waals surface area contributed by atoms with Crippen LogP contribution in [0.15, 0.2) is 0 Å². The van der Waals surface area contributed by atoms with Gasteiger partial charge in [-0.3, -0.25) is 4.79 Å². The van der Waals surface area contributed by atoms with Gasteiger partial charge in [-0.15, -0.1) is 0 Å². The Hall–Kier alpha value is -0.330. The predicted octanol–water partition coefficient (Wildman–Crippen LogP) is 4.21. The summed E-state index contributed by atoms with van der Waals surface area (Å²) in [5.41, 5.74) is 0. The van der Waals surface area contributed by atoms with E-state index in [9.17, 15) is 4.79 Å². The fraction of sp³-hybridized carbons (Fsp3) is 0.941. The summed E-state index contributed by atoms with van der Waals surface area (Å²) in [6.07, 6.45) is 13.5. The third-order valence-corrected chi connectivity index (χ3v) is 6.96. The summed E-state index contributed by atoms with van der Waals surface area (Å²) in [5, 5.41) is 0. The molecule has 18 heavy (non-hydrogen) atoms. The van der Waals surface area contributed by atoms with Gasteiger partial charge in [0.1, 0.15) is 5.78 Å². The quantitative estimate of drug-likeness (QED) is 0.626. The molecular weight excluding hydrogens is 220 g/mol. The fourth-order valence-corrected chi connectivity index (χ4v) is 6.28. The van der Waals surface area contributed by atoms with Gasteiger partial charge in [0.2, 0.25) is 0 Å². The number of ketones is 1. The van der Waals surface area contributed by atoms with Gasteiger partial charge in [-0.05, 0) is 74.0 Å². The number of carbonyl (C=O) groups is 1. The van der Waals surface area contributed by atoms with Crippen LogP contribution < -0.4 is 0 Å². The molecule has 6 atom stereocenters. The molecule has 0 aliphatic heterocycles. The summed E-state index contributed by atoms with van der Waals surface area (Å²) < 4.78 is 0. The molecule has 4 aliphatic rings. The standard InChI is InChI=1S/C17H26O/c18-13-6-9-15-12(10-13)5-8-16-14-3-1-2-11(14)4-7-17(15)16/h11-12,14-17H,1-10H2/t11?,12-,14+,15?,16?,17+/m0/s1. The summed E-state index contributed by atoms with van der Waals surface area (Å²) in [6.45, 7) is 0. The van der Waals surface area contributed by atoms with Crippen LogP contribution in [0.5, 0.6) is 0 Å². The molecule has 0 N–H and O–H groups in total. The molecule has 0 spiro atoms.